The first-order valence-corrected chi connectivity index (χ1v) is 6.46. The Morgan fingerprint density at radius 3 is 2.71 bits per heavy atom. The van der Waals surface area contributed by atoms with E-state index in [4.69, 9.17) is 9.15 Å². The predicted molar refractivity (Wildman–Crippen MR) is 80.5 cm³/mol. The highest BCUT2D eigenvalue weighted by atomic mass is 16.5. The summed E-state index contributed by atoms with van der Waals surface area (Å²) in [5.41, 5.74) is 3.27. The number of ether oxygens (including phenoxy) is 1. The number of amides is 1. The van der Waals surface area contributed by atoms with Crippen LogP contribution in [0.15, 0.2) is 52.2 Å². The van der Waals surface area contributed by atoms with Crippen LogP contribution in [0.1, 0.15) is 12.7 Å². The van der Waals surface area contributed by atoms with Crippen LogP contribution in [0.2, 0.25) is 0 Å². The van der Waals surface area contributed by atoms with Gasteiger partial charge < -0.3 is 14.5 Å². The lowest BCUT2D eigenvalue weighted by molar-refractivity contribution is -0.121. The Morgan fingerprint density at radius 2 is 2.10 bits per heavy atom. The minimum Gasteiger partial charge on any atom is -0.497 e. The molecule has 1 amide bonds. The highest BCUT2D eigenvalue weighted by Crippen LogP contribution is 2.15. The van der Waals surface area contributed by atoms with Gasteiger partial charge in [0.25, 0.3) is 5.91 Å². The number of nitrogens with one attached hydrogen (secondary N) is 2. The van der Waals surface area contributed by atoms with E-state index in [1.54, 1.807) is 26.2 Å². The summed E-state index contributed by atoms with van der Waals surface area (Å²) in [4.78, 5) is 11.9. The third kappa shape index (κ3) is 4.38. The van der Waals surface area contributed by atoms with Crippen molar-refractivity contribution in [2.75, 3.05) is 12.4 Å². The Balaban J connectivity index is 1.84. The predicted octanol–water partition coefficient (Wildman–Crippen LogP) is 2.24. The number of methoxy groups -OCH3 is 1. The summed E-state index contributed by atoms with van der Waals surface area (Å²) in [5.74, 6) is 1.10. The quantitative estimate of drug-likeness (QED) is 0.631. The van der Waals surface area contributed by atoms with Gasteiger partial charge in [0.1, 0.15) is 17.6 Å². The van der Waals surface area contributed by atoms with Crippen LogP contribution in [0, 0.1) is 0 Å². The van der Waals surface area contributed by atoms with Gasteiger partial charge >= 0.3 is 0 Å². The normalized spacial score (nSPS) is 12.1. The Morgan fingerprint density at radius 1 is 1.33 bits per heavy atom. The summed E-state index contributed by atoms with van der Waals surface area (Å²) >= 11 is 0. The van der Waals surface area contributed by atoms with Crippen LogP contribution in [0.25, 0.3) is 0 Å². The van der Waals surface area contributed by atoms with E-state index in [1.165, 1.54) is 12.5 Å². The highest BCUT2D eigenvalue weighted by molar-refractivity contribution is 5.85. The maximum Gasteiger partial charge on any atom is 0.262 e. The van der Waals surface area contributed by atoms with Crippen LogP contribution in [-0.2, 0) is 4.79 Å². The monoisotopic (exact) mass is 287 g/mol. The number of carbonyl (C=O) groups is 1. The molecule has 0 aliphatic heterocycles. The van der Waals surface area contributed by atoms with Crippen LogP contribution in [0.3, 0.4) is 0 Å². The zero-order chi connectivity index (χ0) is 15.1. The minimum absolute atomic E-state index is 0.242. The van der Waals surface area contributed by atoms with Crippen LogP contribution in [0.4, 0.5) is 5.69 Å². The first-order valence-electron chi connectivity index (χ1n) is 6.46. The van der Waals surface area contributed by atoms with Gasteiger partial charge in [-0.05, 0) is 43.3 Å². The maximum atomic E-state index is 11.9. The second kappa shape index (κ2) is 7.14. The molecule has 2 N–H and O–H groups in total. The van der Waals surface area contributed by atoms with E-state index in [2.05, 4.69) is 15.8 Å². The minimum atomic E-state index is -0.424. The zero-order valence-electron chi connectivity index (χ0n) is 11.9. The van der Waals surface area contributed by atoms with E-state index in [9.17, 15) is 4.79 Å². The van der Waals surface area contributed by atoms with Gasteiger partial charge in [0, 0.05) is 5.69 Å². The third-order valence-electron chi connectivity index (χ3n) is 2.78. The van der Waals surface area contributed by atoms with Crippen molar-refractivity contribution in [2.45, 2.75) is 13.0 Å². The second-order valence-electron chi connectivity index (χ2n) is 4.34. The van der Waals surface area contributed by atoms with E-state index in [-0.39, 0.29) is 5.91 Å². The van der Waals surface area contributed by atoms with Gasteiger partial charge in [-0.2, -0.15) is 5.10 Å². The average Bonchev–Trinajstić information content (AvgIpc) is 3.01. The van der Waals surface area contributed by atoms with Crippen LogP contribution < -0.4 is 15.5 Å². The summed E-state index contributed by atoms with van der Waals surface area (Å²) in [6, 6.07) is 10.4. The second-order valence-corrected chi connectivity index (χ2v) is 4.34. The topological polar surface area (TPSA) is 75.9 Å². The largest absolute Gasteiger partial charge is 0.497 e. The molecule has 0 aliphatic carbocycles. The number of nitrogens with zero attached hydrogens (tertiary/aromatic N) is 1. The molecule has 2 rings (SSSR count). The van der Waals surface area contributed by atoms with E-state index in [0.29, 0.717) is 5.76 Å². The molecule has 1 aromatic heterocycles. The van der Waals surface area contributed by atoms with E-state index < -0.39 is 6.04 Å². The summed E-state index contributed by atoms with van der Waals surface area (Å²) in [5, 5.41) is 6.90. The van der Waals surface area contributed by atoms with E-state index in [1.807, 2.05) is 24.3 Å². The molecule has 0 bridgehead atoms. The number of furan rings is 1. The van der Waals surface area contributed by atoms with E-state index in [0.717, 1.165) is 11.4 Å². The van der Waals surface area contributed by atoms with Crippen molar-refractivity contribution >= 4 is 17.8 Å². The third-order valence-corrected chi connectivity index (χ3v) is 2.78. The molecule has 6 heteroatoms. The Kier molecular flexibility index (Phi) is 4.98. The molecule has 1 atom stereocenters. The van der Waals surface area contributed by atoms with Crippen molar-refractivity contribution in [2.24, 2.45) is 5.10 Å². The van der Waals surface area contributed by atoms with Crippen molar-refractivity contribution in [3.8, 4) is 5.75 Å². The molecule has 0 saturated carbocycles. The van der Waals surface area contributed by atoms with Crippen molar-refractivity contribution in [3.63, 3.8) is 0 Å². The lowest BCUT2D eigenvalue weighted by Gasteiger charge is -2.13. The fourth-order valence-electron chi connectivity index (χ4n) is 1.62. The molecule has 0 spiro atoms. The van der Waals surface area contributed by atoms with Crippen LogP contribution in [0.5, 0.6) is 5.75 Å². The molecule has 110 valence electrons. The fourth-order valence-corrected chi connectivity index (χ4v) is 1.62. The first kappa shape index (κ1) is 14.6. The van der Waals surface area contributed by atoms with Crippen molar-refractivity contribution < 1.29 is 13.9 Å². The summed E-state index contributed by atoms with van der Waals surface area (Å²) < 4.78 is 10.1. The smallest absolute Gasteiger partial charge is 0.262 e. The van der Waals surface area contributed by atoms with Crippen LogP contribution in [-0.4, -0.2) is 25.3 Å². The first-order chi connectivity index (χ1) is 10.2. The summed E-state index contributed by atoms with van der Waals surface area (Å²) in [6.07, 6.45) is 2.98. The fraction of sp³-hybridized carbons (Fsp3) is 0.200. The average molecular weight is 287 g/mol. The Hall–Kier alpha value is -2.76. The van der Waals surface area contributed by atoms with Gasteiger partial charge in [-0.15, -0.1) is 0 Å². The molecule has 1 aromatic carbocycles. The van der Waals surface area contributed by atoms with Crippen molar-refractivity contribution in [1.82, 2.24) is 5.43 Å². The van der Waals surface area contributed by atoms with Gasteiger partial charge in [0.15, 0.2) is 0 Å². The highest BCUT2D eigenvalue weighted by Gasteiger charge is 2.11. The van der Waals surface area contributed by atoms with Gasteiger partial charge in [-0.1, -0.05) is 0 Å². The lowest BCUT2D eigenvalue weighted by atomic mass is 10.2. The Bertz CT molecular complexity index is 591. The number of benzene rings is 1. The lowest BCUT2D eigenvalue weighted by Crippen LogP contribution is -2.34. The van der Waals surface area contributed by atoms with Gasteiger partial charge in [0.2, 0.25) is 0 Å². The number of hydrogen-bond donors (Lipinski definition) is 2. The zero-order valence-corrected chi connectivity index (χ0v) is 11.9. The van der Waals surface area contributed by atoms with E-state index >= 15 is 0 Å². The number of hydrogen-bond acceptors (Lipinski definition) is 5. The van der Waals surface area contributed by atoms with Gasteiger partial charge in [-0.3, -0.25) is 4.79 Å². The standard InChI is InChI=1S/C15H17N3O3/c1-11(17-12-5-7-13(20-2)8-6-12)15(19)18-16-10-14-4-3-9-21-14/h3-11,17H,1-2H3,(H,18,19)/b16-10-/t11-/m1/s1. The molecule has 1 heterocycles. The van der Waals surface area contributed by atoms with Crippen molar-refractivity contribution in [3.05, 3.63) is 48.4 Å². The van der Waals surface area contributed by atoms with Crippen molar-refractivity contribution in [1.29, 1.82) is 0 Å². The molecule has 0 aliphatic rings. The summed E-state index contributed by atoms with van der Waals surface area (Å²) in [6.45, 7) is 1.75. The molecule has 6 nitrogen and oxygen atoms in total. The number of hydrazone groups is 1. The van der Waals surface area contributed by atoms with Crippen LogP contribution >= 0.6 is 0 Å². The Labute approximate surface area is 122 Å². The molecule has 0 fully saturated rings. The molecule has 0 unspecified atom stereocenters. The number of carbonyl (C=O) groups excluding carboxylic acids is 1. The molecule has 2 aromatic rings. The molecule has 0 radical (unpaired) electrons. The van der Waals surface area contributed by atoms with Gasteiger partial charge in [-0.25, -0.2) is 5.43 Å². The number of anilines is 1. The molecule has 21 heavy (non-hydrogen) atoms. The van der Waals surface area contributed by atoms with Gasteiger partial charge in [0.05, 0.1) is 19.6 Å². The molecule has 0 saturated heterocycles. The summed E-state index contributed by atoms with van der Waals surface area (Å²) in [7, 11) is 1.61. The maximum absolute atomic E-state index is 11.9. The molecular weight excluding hydrogens is 270 g/mol. The molecular formula is C15H17N3O3. The number of rotatable bonds is 6. The SMILES string of the molecule is COc1ccc(N[C@H](C)C(=O)N/N=C\c2ccco2)cc1.